The van der Waals surface area contributed by atoms with Gasteiger partial charge in [-0.15, -0.1) is 0 Å². The van der Waals surface area contributed by atoms with E-state index in [-0.39, 0.29) is 11.7 Å². The van der Waals surface area contributed by atoms with Crippen LogP contribution in [-0.4, -0.2) is 12.5 Å². The van der Waals surface area contributed by atoms with Gasteiger partial charge in [0.2, 0.25) is 5.91 Å². The van der Waals surface area contributed by atoms with Gasteiger partial charge in [0.25, 0.3) is 0 Å². The molecule has 108 valence electrons. The lowest BCUT2D eigenvalue weighted by molar-refractivity contribution is -0.116. The van der Waals surface area contributed by atoms with Crippen molar-refractivity contribution in [1.82, 2.24) is 5.32 Å². The fourth-order valence-corrected chi connectivity index (χ4v) is 1.91. The van der Waals surface area contributed by atoms with Crippen LogP contribution in [0.15, 0.2) is 54.6 Å². The first-order chi connectivity index (χ1) is 10.1. The molecule has 1 N–H and O–H groups in total. The molecule has 0 aromatic heterocycles. The van der Waals surface area contributed by atoms with E-state index in [2.05, 4.69) is 5.32 Å². The average Bonchev–Trinajstić information content (AvgIpc) is 2.49. The first kappa shape index (κ1) is 15.3. The molecule has 0 heterocycles. The predicted octanol–water partition coefficient (Wildman–Crippen LogP) is 3.85. The Morgan fingerprint density at radius 2 is 1.76 bits per heavy atom. The molecule has 0 radical (unpaired) electrons. The number of halogens is 2. The second-order valence-electron chi connectivity index (χ2n) is 4.55. The largest absolute Gasteiger partial charge is 0.352 e. The second kappa shape index (κ2) is 7.60. The van der Waals surface area contributed by atoms with Crippen LogP contribution in [0.2, 0.25) is 5.02 Å². The highest BCUT2D eigenvalue weighted by Gasteiger charge is 1.97. The van der Waals surface area contributed by atoms with Gasteiger partial charge in [-0.05, 0) is 47.9 Å². The molecule has 1 amide bonds. The maximum atomic E-state index is 12.7. The molecule has 21 heavy (non-hydrogen) atoms. The maximum absolute atomic E-state index is 12.7. The summed E-state index contributed by atoms with van der Waals surface area (Å²) in [5.41, 5.74) is 1.89. The summed E-state index contributed by atoms with van der Waals surface area (Å²) in [4.78, 5) is 11.6. The van der Waals surface area contributed by atoms with Gasteiger partial charge >= 0.3 is 0 Å². The molecule has 0 saturated carbocycles. The Labute approximate surface area is 128 Å². The molecule has 0 aliphatic heterocycles. The minimum atomic E-state index is -0.256. The van der Waals surface area contributed by atoms with Gasteiger partial charge in [-0.1, -0.05) is 35.9 Å². The normalized spacial score (nSPS) is 10.8. The van der Waals surface area contributed by atoms with Crippen LogP contribution in [0.5, 0.6) is 0 Å². The van der Waals surface area contributed by atoms with Crippen molar-refractivity contribution in [2.24, 2.45) is 0 Å². The average molecular weight is 304 g/mol. The van der Waals surface area contributed by atoms with Gasteiger partial charge in [-0.2, -0.15) is 0 Å². The Hall–Kier alpha value is -2.13. The molecular formula is C17H15ClFNO. The van der Waals surface area contributed by atoms with Crippen molar-refractivity contribution in [2.45, 2.75) is 6.42 Å². The van der Waals surface area contributed by atoms with Crippen molar-refractivity contribution >= 4 is 23.6 Å². The van der Waals surface area contributed by atoms with E-state index >= 15 is 0 Å². The van der Waals surface area contributed by atoms with E-state index in [4.69, 9.17) is 11.6 Å². The summed E-state index contributed by atoms with van der Waals surface area (Å²) in [6.07, 6.45) is 3.87. The van der Waals surface area contributed by atoms with Crippen LogP contribution in [0.3, 0.4) is 0 Å². The summed E-state index contributed by atoms with van der Waals surface area (Å²) in [5, 5.41) is 3.44. The third kappa shape index (κ3) is 5.40. The van der Waals surface area contributed by atoms with E-state index in [0.29, 0.717) is 18.0 Å². The summed E-state index contributed by atoms with van der Waals surface area (Å²) in [7, 11) is 0. The molecule has 0 aliphatic carbocycles. The molecule has 0 unspecified atom stereocenters. The lowest BCUT2D eigenvalue weighted by Gasteiger charge is -2.02. The zero-order valence-electron chi connectivity index (χ0n) is 11.4. The van der Waals surface area contributed by atoms with Gasteiger partial charge in [0.15, 0.2) is 0 Å². The Bertz CT molecular complexity index is 620. The molecule has 0 bridgehead atoms. The van der Waals surface area contributed by atoms with Gasteiger partial charge in [-0.3, -0.25) is 4.79 Å². The van der Waals surface area contributed by atoms with E-state index in [1.165, 1.54) is 18.2 Å². The lowest BCUT2D eigenvalue weighted by Crippen LogP contribution is -2.23. The van der Waals surface area contributed by atoms with E-state index < -0.39 is 0 Å². The van der Waals surface area contributed by atoms with E-state index in [0.717, 1.165) is 11.1 Å². The Morgan fingerprint density at radius 3 is 2.43 bits per heavy atom. The Balaban J connectivity index is 1.77. The first-order valence-corrected chi connectivity index (χ1v) is 6.97. The van der Waals surface area contributed by atoms with Gasteiger partial charge in [0, 0.05) is 17.6 Å². The Kier molecular flexibility index (Phi) is 5.52. The predicted molar refractivity (Wildman–Crippen MR) is 83.6 cm³/mol. The highest BCUT2D eigenvalue weighted by Crippen LogP contribution is 2.10. The van der Waals surface area contributed by atoms with E-state index in [1.807, 2.05) is 12.1 Å². The number of carbonyl (C=O) groups is 1. The van der Waals surface area contributed by atoms with Crippen LogP contribution in [0.1, 0.15) is 11.1 Å². The van der Waals surface area contributed by atoms with Crippen molar-refractivity contribution in [3.05, 3.63) is 76.6 Å². The molecule has 2 aromatic rings. The van der Waals surface area contributed by atoms with Crippen LogP contribution < -0.4 is 5.32 Å². The van der Waals surface area contributed by atoms with Crippen molar-refractivity contribution in [2.75, 3.05) is 6.54 Å². The van der Waals surface area contributed by atoms with Crippen LogP contribution in [0, 0.1) is 5.82 Å². The summed E-state index contributed by atoms with van der Waals surface area (Å²) in [6, 6.07) is 13.5. The number of amides is 1. The highest BCUT2D eigenvalue weighted by molar-refractivity contribution is 6.30. The van der Waals surface area contributed by atoms with Crippen molar-refractivity contribution in [1.29, 1.82) is 0 Å². The van der Waals surface area contributed by atoms with Gasteiger partial charge in [0.1, 0.15) is 5.82 Å². The lowest BCUT2D eigenvalue weighted by atomic mass is 10.1. The molecule has 2 nitrogen and oxygen atoms in total. The monoisotopic (exact) mass is 303 g/mol. The molecule has 0 aliphatic rings. The topological polar surface area (TPSA) is 29.1 Å². The zero-order valence-corrected chi connectivity index (χ0v) is 12.1. The molecular weight excluding hydrogens is 289 g/mol. The summed E-state index contributed by atoms with van der Waals surface area (Å²) in [5.74, 6) is -0.416. The quantitative estimate of drug-likeness (QED) is 0.835. The minimum Gasteiger partial charge on any atom is -0.352 e. The standard InChI is InChI=1S/C17H15ClFNO/c18-15-6-1-13(2-7-15)5-10-17(21)20-12-11-14-3-8-16(19)9-4-14/h1-10H,11-12H2,(H,20,21)/b10-5-. The van der Waals surface area contributed by atoms with E-state index in [1.54, 1.807) is 30.3 Å². The molecule has 2 rings (SSSR count). The number of rotatable bonds is 5. The molecule has 0 spiro atoms. The fraction of sp³-hybridized carbons (Fsp3) is 0.118. The van der Waals surface area contributed by atoms with Gasteiger partial charge in [-0.25, -0.2) is 4.39 Å². The van der Waals surface area contributed by atoms with Crippen LogP contribution in [-0.2, 0) is 11.2 Å². The fourth-order valence-electron chi connectivity index (χ4n) is 1.79. The van der Waals surface area contributed by atoms with Crippen molar-refractivity contribution in [3.8, 4) is 0 Å². The first-order valence-electron chi connectivity index (χ1n) is 6.59. The molecule has 0 saturated heterocycles. The summed E-state index contributed by atoms with van der Waals surface area (Å²) >= 11 is 5.78. The maximum Gasteiger partial charge on any atom is 0.244 e. The van der Waals surface area contributed by atoms with Crippen molar-refractivity contribution in [3.63, 3.8) is 0 Å². The number of hydrogen-bond acceptors (Lipinski definition) is 1. The third-order valence-corrected chi connectivity index (χ3v) is 3.18. The third-order valence-electron chi connectivity index (χ3n) is 2.92. The minimum absolute atomic E-state index is 0.160. The Morgan fingerprint density at radius 1 is 1.10 bits per heavy atom. The van der Waals surface area contributed by atoms with Crippen LogP contribution >= 0.6 is 11.6 Å². The summed E-state index contributed by atoms with van der Waals surface area (Å²) < 4.78 is 12.7. The number of hydrogen-bond donors (Lipinski definition) is 1. The summed E-state index contributed by atoms with van der Waals surface area (Å²) in [6.45, 7) is 0.509. The van der Waals surface area contributed by atoms with Crippen LogP contribution in [0.4, 0.5) is 4.39 Å². The zero-order chi connectivity index (χ0) is 15.1. The van der Waals surface area contributed by atoms with Gasteiger partial charge < -0.3 is 5.32 Å². The molecule has 0 fully saturated rings. The van der Waals surface area contributed by atoms with Gasteiger partial charge in [0.05, 0.1) is 0 Å². The number of nitrogens with one attached hydrogen (secondary N) is 1. The number of carbonyl (C=O) groups excluding carboxylic acids is 1. The highest BCUT2D eigenvalue weighted by atomic mass is 35.5. The second-order valence-corrected chi connectivity index (χ2v) is 4.99. The number of benzene rings is 2. The van der Waals surface area contributed by atoms with Crippen LogP contribution in [0.25, 0.3) is 6.08 Å². The SMILES string of the molecule is O=C(/C=C\c1ccc(Cl)cc1)NCCc1ccc(F)cc1. The van der Waals surface area contributed by atoms with Crippen molar-refractivity contribution < 1.29 is 9.18 Å². The smallest absolute Gasteiger partial charge is 0.244 e. The molecule has 0 atom stereocenters. The molecule has 4 heteroatoms. The molecule has 2 aromatic carbocycles. The van der Waals surface area contributed by atoms with E-state index in [9.17, 15) is 9.18 Å².